The molecule has 1 atom stereocenters. The Kier molecular flexibility index (Phi) is 7.46. The Bertz CT molecular complexity index is 210. The number of alkyl halides is 1. The Morgan fingerprint density at radius 3 is 2.59 bits per heavy atom. The number of halogens is 1. The van der Waals surface area contributed by atoms with Crippen LogP contribution in [0.5, 0.6) is 0 Å². The molecular weight excluding hydrogens is 298 g/mol. The van der Waals surface area contributed by atoms with Gasteiger partial charge in [-0.15, -0.1) is 0 Å². The van der Waals surface area contributed by atoms with Crippen LogP contribution in [0.1, 0.15) is 26.2 Å². The maximum absolute atomic E-state index is 5.49. The van der Waals surface area contributed by atoms with Crippen molar-refractivity contribution < 1.29 is 4.74 Å². The van der Waals surface area contributed by atoms with E-state index >= 15 is 0 Å². The zero-order valence-corrected chi connectivity index (χ0v) is 13.8. The second-order valence-corrected chi connectivity index (χ2v) is 6.84. The molecule has 1 aliphatic rings. The molecule has 0 saturated carbocycles. The average molecular weight is 324 g/mol. The summed E-state index contributed by atoms with van der Waals surface area (Å²) < 4.78 is 5.49. The molecule has 0 aromatic heterocycles. The van der Waals surface area contributed by atoms with Crippen LogP contribution < -0.4 is 0 Å². The molecule has 102 valence electrons. The van der Waals surface area contributed by atoms with Crippen molar-refractivity contribution in [2.75, 3.05) is 44.1 Å². The van der Waals surface area contributed by atoms with Crippen LogP contribution in [0, 0.1) is 5.41 Å². The highest BCUT2D eigenvalue weighted by molar-refractivity contribution is 9.09. The minimum Gasteiger partial charge on any atom is -0.381 e. The first-order valence-corrected chi connectivity index (χ1v) is 8.98. The van der Waals surface area contributed by atoms with Gasteiger partial charge in [-0.25, -0.2) is 0 Å². The summed E-state index contributed by atoms with van der Waals surface area (Å²) in [5.41, 5.74) is 0.431. The van der Waals surface area contributed by atoms with Crippen LogP contribution in [-0.4, -0.2) is 55.1 Å². The van der Waals surface area contributed by atoms with Crippen LogP contribution in [-0.2, 0) is 4.74 Å². The minimum absolute atomic E-state index is 0.431. The van der Waals surface area contributed by atoms with E-state index in [-0.39, 0.29) is 0 Å². The van der Waals surface area contributed by atoms with Crippen LogP contribution in [0.2, 0.25) is 0 Å². The van der Waals surface area contributed by atoms with Crippen molar-refractivity contribution in [1.82, 2.24) is 4.90 Å². The molecule has 0 spiro atoms. The van der Waals surface area contributed by atoms with Gasteiger partial charge in [0.05, 0.1) is 0 Å². The maximum atomic E-state index is 5.49. The van der Waals surface area contributed by atoms with Gasteiger partial charge in [-0.3, -0.25) is 0 Å². The summed E-state index contributed by atoms with van der Waals surface area (Å²) in [6.07, 6.45) is 5.85. The van der Waals surface area contributed by atoms with E-state index in [9.17, 15) is 0 Å². The van der Waals surface area contributed by atoms with E-state index in [2.05, 4.69) is 41.1 Å². The largest absolute Gasteiger partial charge is 0.381 e. The third-order valence-corrected chi connectivity index (χ3v) is 5.75. The summed E-state index contributed by atoms with van der Waals surface area (Å²) in [6, 6.07) is 0.682. The lowest BCUT2D eigenvalue weighted by Gasteiger charge is -2.40. The maximum Gasteiger partial charge on any atom is 0.0472 e. The summed E-state index contributed by atoms with van der Waals surface area (Å²) in [6.45, 7) is 5.39. The Hall–Kier alpha value is 0.750. The van der Waals surface area contributed by atoms with Crippen molar-refractivity contribution in [1.29, 1.82) is 0 Å². The molecule has 0 radical (unpaired) electrons. The van der Waals surface area contributed by atoms with Crippen LogP contribution in [0.4, 0.5) is 0 Å². The summed E-state index contributed by atoms with van der Waals surface area (Å²) in [5, 5.41) is 1.10. The van der Waals surface area contributed by atoms with E-state index < -0.39 is 0 Å². The molecule has 0 bridgehead atoms. The van der Waals surface area contributed by atoms with Gasteiger partial charge < -0.3 is 9.64 Å². The van der Waals surface area contributed by atoms with Crippen molar-refractivity contribution in [3.05, 3.63) is 0 Å². The van der Waals surface area contributed by atoms with Crippen molar-refractivity contribution in [2.45, 2.75) is 32.2 Å². The van der Waals surface area contributed by atoms with Crippen molar-refractivity contribution in [3.63, 3.8) is 0 Å². The smallest absolute Gasteiger partial charge is 0.0472 e. The predicted molar refractivity (Wildman–Crippen MR) is 81.4 cm³/mol. The number of ether oxygens (including phenoxy) is 1. The van der Waals surface area contributed by atoms with Gasteiger partial charge in [-0.05, 0) is 50.7 Å². The molecule has 0 amide bonds. The van der Waals surface area contributed by atoms with E-state index in [1.54, 1.807) is 0 Å². The van der Waals surface area contributed by atoms with Crippen molar-refractivity contribution in [3.8, 4) is 0 Å². The van der Waals surface area contributed by atoms with E-state index in [4.69, 9.17) is 4.74 Å². The molecule has 2 nitrogen and oxygen atoms in total. The first kappa shape index (κ1) is 15.8. The lowest BCUT2D eigenvalue weighted by atomic mass is 9.81. The molecule has 0 aliphatic carbocycles. The molecule has 1 saturated heterocycles. The average Bonchev–Trinajstić information content (AvgIpc) is 2.36. The fourth-order valence-electron chi connectivity index (χ4n) is 2.33. The molecule has 1 fully saturated rings. The minimum atomic E-state index is 0.431. The second-order valence-electron chi connectivity index (χ2n) is 5.29. The lowest BCUT2D eigenvalue weighted by molar-refractivity contribution is 0.00676. The lowest BCUT2D eigenvalue weighted by Crippen LogP contribution is -2.44. The van der Waals surface area contributed by atoms with Crippen LogP contribution in [0.3, 0.4) is 0 Å². The van der Waals surface area contributed by atoms with Gasteiger partial charge >= 0.3 is 0 Å². The summed E-state index contributed by atoms with van der Waals surface area (Å²) >= 11 is 5.65. The Balaban J connectivity index is 2.43. The summed E-state index contributed by atoms with van der Waals surface area (Å²) in [4.78, 5) is 2.53. The van der Waals surface area contributed by atoms with E-state index in [1.165, 1.54) is 31.6 Å². The highest BCUT2D eigenvalue weighted by atomic mass is 79.9. The molecular formula is C13H26BrNOS. The summed E-state index contributed by atoms with van der Waals surface area (Å²) in [7, 11) is 2.27. The molecule has 1 aliphatic heterocycles. The first-order valence-electron chi connectivity index (χ1n) is 6.46. The van der Waals surface area contributed by atoms with Crippen LogP contribution in [0.25, 0.3) is 0 Å². The monoisotopic (exact) mass is 323 g/mol. The third-order valence-electron chi connectivity index (χ3n) is 3.91. The van der Waals surface area contributed by atoms with Gasteiger partial charge in [0.15, 0.2) is 0 Å². The van der Waals surface area contributed by atoms with Gasteiger partial charge in [-0.1, -0.05) is 15.9 Å². The number of thioether (sulfide) groups is 1. The molecule has 0 N–H and O–H groups in total. The standard InChI is InChI=1S/C13H26BrNOS/c1-12(4-9-17-3)15(2)11-13(10-14)5-7-16-8-6-13/h12H,4-11H2,1-3H3. The number of rotatable bonds is 7. The Labute approximate surface area is 119 Å². The van der Waals surface area contributed by atoms with Gasteiger partial charge in [0, 0.05) is 31.1 Å². The molecule has 0 aromatic carbocycles. The number of nitrogens with zero attached hydrogens (tertiary/aromatic N) is 1. The zero-order chi connectivity index (χ0) is 12.7. The van der Waals surface area contributed by atoms with Gasteiger partial charge in [0.25, 0.3) is 0 Å². The molecule has 1 unspecified atom stereocenters. The molecule has 1 heterocycles. The van der Waals surface area contributed by atoms with Crippen LogP contribution in [0.15, 0.2) is 0 Å². The zero-order valence-electron chi connectivity index (χ0n) is 11.4. The highest BCUT2D eigenvalue weighted by Gasteiger charge is 2.33. The van der Waals surface area contributed by atoms with Gasteiger partial charge in [0.2, 0.25) is 0 Å². The normalized spacial score (nSPS) is 21.7. The Morgan fingerprint density at radius 2 is 2.06 bits per heavy atom. The van der Waals surface area contributed by atoms with E-state index in [0.717, 1.165) is 18.5 Å². The molecule has 0 aromatic rings. The quantitative estimate of drug-likeness (QED) is 0.667. The topological polar surface area (TPSA) is 12.5 Å². The SMILES string of the molecule is CSCCC(C)N(C)CC1(CBr)CCOCC1. The van der Waals surface area contributed by atoms with Gasteiger partial charge in [0.1, 0.15) is 0 Å². The molecule has 17 heavy (non-hydrogen) atoms. The fourth-order valence-corrected chi connectivity index (χ4v) is 3.65. The number of hydrogen-bond acceptors (Lipinski definition) is 3. The highest BCUT2D eigenvalue weighted by Crippen LogP contribution is 2.33. The summed E-state index contributed by atoms with van der Waals surface area (Å²) in [5.74, 6) is 1.26. The first-order chi connectivity index (χ1) is 8.13. The molecule has 4 heteroatoms. The number of hydrogen-bond donors (Lipinski definition) is 0. The fraction of sp³-hybridized carbons (Fsp3) is 1.00. The van der Waals surface area contributed by atoms with Crippen molar-refractivity contribution >= 4 is 27.7 Å². The third kappa shape index (κ3) is 5.09. The predicted octanol–water partition coefficient (Wildman–Crippen LogP) is 3.25. The van der Waals surface area contributed by atoms with Crippen molar-refractivity contribution in [2.24, 2.45) is 5.41 Å². The molecule has 1 rings (SSSR count). The van der Waals surface area contributed by atoms with Gasteiger partial charge in [-0.2, -0.15) is 11.8 Å². The van der Waals surface area contributed by atoms with E-state index in [1.807, 2.05) is 11.8 Å². The second kappa shape index (κ2) is 8.03. The Morgan fingerprint density at radius 1 is 1.41 bits per heavy atom. The van der Waals surface area contributed by atoms with E-state index in [0.29, 0.717) is 11.5 Å². The van der Waals surface area contributed by atoms with Crippen LogP contribution >= 0.6 is 27.7 Å².